The van der Waals surface area contributed by atoms with Gasteiger partial charge in [0.1, 0.15) is 0 Å². The second kappa shape index (κ2) is 14.8. The fourth-order valence-corrected chi connectivity index (χ4v) is 15.1. The molecule has 13 rings (SSSR count). The Kier molecular flexibility index (Phi) is 9.24. The molecule has 0 N–H and O–H groups in total. The predicted octanol–water partition coefficient (Wildman–Crippen LogP) is 17.9. The summed E-state index contributed by atoms with van der Waals surface area (Å²) in [6.07, 6.45) is -1.79. The van der Waals surface area contributed by atoms with Crippen LogP contribution in [-0.2, 0) is 28.6 Å². The minimum Gasteiger partial charge on any atom is -0.334 e. The van der Waals surface area contributed by atoms with E-state index in [2.05, 4.69) is 147 Å². The van der Waals surface area contributed by atoms with E-state index >= 15 is 0 Å². The van der Waals surface area contributed by atoms with Gasteiger partial charge in [0.2, 0.25) is 0 Å². The molecular weight excluding hydrogens is 899 g/mol. The van der Waals surface area contributed by atoms with Crippen LogP contribution in [0.25, 0.3) is 32.7 Å². The molecular formula is C63H54F6N2. The summed E-state index contributed by atoms with van der Waals surface area (Å²) in [6.45, 7) is 8.85. The molecule has 4 unspecified atom stereocenters. The molecule has 0 saturated heterocycles. The first kappa shape index (κ1) is 44.4. The molecule has 3 aliphatic carbocycles. The van der Waals surface area contributed by atoms with Gasteiger partial charge in [-0.15, -0.1) is 0 Å². The van der Waals surface area contributed by atoms with Gasteiger partial charge in [-0.2, -0.15) is 26.3 Å². The van der Waals surface area contributed by atoms with Crippen molar-refractivity contribution in [2.24, 2.45) is 0 Å². The lowest BCUT2D eigenvalue weighted by Gasteiger charge is -2.50. The van der Waals surface area contributed by atoms with Crippen LogP contribution >= 0.6 is 0 Å². The van der Waals surface area contributed by atoms with Gasteiger partial charge in [-0.1, -0.05) is 137 Å². The van der Waals surface area contributed by atoms with E-state index in [-0.39, 0.29) is 0 Å². The zero-order chi connectivity index (χ0) is 49.1. The minimum absolute atomic E-state index is 0.476. The number of nitrogens with zero attached hydrogens (tertiary/aromatic N) is 2. The van der Waals surface area contributed by atoms with Gasteiger partial charge in [0.05, 0.1) is 27.6 Å². The number of rotatable bonds is 4. The quantitative estimate of drug-likeness (QED) is 0.128. The first-order valence-electron chi connectivity index (χ1n) is 25.2. The summed E-state index contributed by atoms with van der Waals surface area (Å²) in [7, 11) is 0. The smallest absolute Gasteiger partial charge is 0.334 e. The van der Waals surface area contributed by atoms with E-state index in [0.717, 1.165) is 140 Å². The molecule has 5 aliphatic rings. The SMILES string of the molecule is CC12CCCCC1(C)N(c1ccc3c(c1)C(c1ccccc1)(c1ccccc1)c1c-3c3ccccc3c3cc(N4c5ccc(C(F)(F)F)cc5C5(C)CCCCC45C)ccc13)c1ccc(C(F)(F)F)cc12. The number of anilines is 4. The lowest BCUT2D eigenvalue weighted by molar-refractivity contribution is -0.138. The first-order valence-corrected chi connectivity index (χ1v) is 25.2. The number of hydrogen-bond donors (Lipinski definition) is 0. The minimum atomic E-state index is -4.46. The first-order chi connectivity index (χ1) is 33.9. The summed E-state index contributed by atoms with van der Waals surface area (Å²) in [5, 5.41) is 4.31. The number of alkyl halides is 6. The fourth-order valence-electron chi connectivity index (χ4n) is 15.1. The highest BCUT2D eigenvalue weighted by Gasteiger charge is 2.60. The van der Waals surface area contributed by atoms with Gasteiger partial charge in [-0.25, -0.2) is 0 Å². The second-order valence-corrected chi connectivity index (χ2v) is 22.0. The number of halogens is 6. The molecule has 0 amide bonds. The Morgan fingerprint density at radius 3 is 1.39 bits per heavy atom. The average molecular weight is 953 g/mol. The van der Waals surface area contributed by atoms with Crippen LogP contribution in [0.3, 0.4) is 0 Å². The average Bonchev–Trinajstić information content (AvgIpc) is 3.87. The van der Waals surface area contributed by atoms with Gasteiger partial charge >= 0.3 is 12.4 Å². The summed E-state index contributed by atoms with van der Waals surface area (Å²) in [4.78, 5) is 4.73. The molecule has 2 nitrogen and oxygen atoms in total. The number of fused-ring (bicyclic) bond motifs is 14. The van der Waals surface area contributed by atoms with Crippen molar-refractivity contribution in [2.45, 2.75) is 119 Å². The lowest BCUT2D eigenvalue weighted by Crippen LogP contribution is -2.54. The highest BCUT2D eigenvalue weighted by atomic mass is 19.4. The molecule has 0 spiro atoms. The number of hydrogen-bond acceptors (Lipinski definition) is 2. The van der Waals surface area contributed by atoms with Gasteiger partial charge in [-0.05, 0) is 166 Å². The lowest BCUT2D eigenvalue weighted by atomic mass is 9.61. The molecule has 8 aromatic carbocycles. The fraction of sp³-hybridized carbons (Fsp3) is 0.302. The van der Waals surface area contributed by atoms with Crippen LogP contribution in [0, 0.1) is 0 Å². The molecule has 0 aromatic heterocycles. The Morgan fingerprint density at radius 1 is 0.408 bits per heavy atom. The highest BCUT2D eigenvalue weighted by Crippen LogP contribution is 2.66. The van der Waals surface area contributed by atoms with Gasteiger partial charge in [0, 0.05) is 33.6 Å². The zero-order valence-electron chi connectivity index (χ0n) is 40.3. The standard InChI is InChI=1S/C63H54F6N2/c1-57-31-13-15-33-59(57,3)70(53-29-23-41(35-51(53)57)62(64,65)66)43-25-27-47-49(37-43)45-21-11-12-22-46(45)55-48-28-26-44(38-50(48)61(56(47)55,39-17-7-5-8-18-39)40-19-9-6-10-20-40)71-54-30-24-42(63(67,68)69)36-52(54)58(2)32-14-16-34-60(58,71)4/h5-12,17-30,35-38H,13-16,31-34H2,1-4H3. The van der Waals surface area contributed by atoms with E-state index in [9.17, 15) is 26.3 Å². The third kappa shape index (κ3) is 5.73. The maximum absolute atomic E-state index is 14.5. The van der Waals surface area contributed by atoms with Crippen molar-refractivity contribution in [1.82, 2.24) is 0 Å². The molecule has 8 heteroatoms. The second-order valence-electron chi connectivity index (χ2n) is 22.0. The van der Waals surface area contributed by atoms with Crippen molar-refractivity contribution in [3.63, 3.8) is 0 Å². The Hall–Kier alpha value is -6.54. The molecule has 2 saturated carbocycles. The topological polar surface area (TPSA) is 6.48 Å². The van der Waals surface area contributed by atoms with Crippen LogP contribution in [0.4, 0.5) is 49.1 Å². The molecule has 8 aromatic rings. The summed E-state index contributed by atoms with van der Waals surface area (Å²) >= 11 is 0. The van der Waals surface area contributed by atoms with Crippen molar-refractivity contribution >= 4 is 44.3 Å². The third-order valence-corrected chi connectivity index (χ3v) is 18.9. The van der Waals surface area contributed by atoms with Gasteiger partial charge < -0.3 is 9.80 Å². The molecule has 2 heterocycles. The van der Waals surface area contributed by atoms with Crippen molar-refractivity contribution < 1.29 is 26.3 Å². The Labute approximate surface area is 410 Å². The predicted molar refractivity (Wildman–Crippen MR) is 274 cm³/mol. The van der Waals surface area contributed by atoms with Crippen LogP contribution in [0.15, 0.2) is 158 Å². The van der Waals surface area contributed by atoms with E-state index in [1.54, 1.807) is 12.1 Å². The summed E-state index contributed by atoms with van der Waals surface area (Å²) in [5.41, 5.74) is 7.67. The molecule has 2 fully saturated rings. The Morgan fingerprint density at radius 2 is 0.873 bits per heavy atom. The van der Waals surface area contributed by atoms with E-state index in [1.165, 1.54) is 24.3 Å². The van der Waals surface area contributed by atoms with E-state index in [1.807, 2.05) is 12.1 Å². The van der Waals surface area contributed by atoms with E-state index in [4.69, 9.17) is 0 Å². The van der Waals surface area contributed by atoms with Crippen molar-refractivity contribution in [1.29, 1.82) is 0 Å². The molecule has 71 heavy (non-hydrogen) atoms. The zero-order valence-corrected chi connectivity index (χ0v) is 40.3. The van der Waals surface area contributed by atoms with E-state index in [0.29, 0.717) is 0 Å². The molecule has 0 radical (unpaired) electrons. The van der Waals surface area contributed by atoms with Crippen LogP contribution < -0.4 is 9.80 Å². The maximum Gasteiger partial charge on any atom is 0.416 e. The van der Waals surface area contributed by atoms with Crippen LogP contribution in [-0.4, -0.2) is 11.1 Å². The summed E-state index contributed by atoms with van der Waals surface area (Å²) < 4.78 is 86.7. The van der Waals surface area contributed by atoms with Gasteiger partial charge in [-0.3, -0.25) is 0 Å². The summed E-state index contributed by atoms with van der Waals surface area (Å²) in [5.74, 6) is 0. The van der Waals surface area contributed by atoms with Crippen molar-refractivity contribution in [3.05, 3.63) is 202 Å². The van der Waals surface area contributed by atoms with Crippen molar-refractivity contribution in [3.8, 4) is 11.1 Å². The van der Waals surface area contributed by atoms with Crippen LogP contribution in [0.1, 0.15) is 124 Å². The van der Waals surface area contributed by atoms with Crippen LogP contribution in [0.2, 0.25) is 0 Å². The normalized spacial score (nSPS) is 25.2. The Balaban J connectivity index is 1.09. The highest BCUT2D eigenvalue weighted by molar-refractivity contribution is 6.20. The van der Waals surface area contributed by atoms with Gasteiger partial charge in [0.15, 0.2) is 0 Å². The Bertz CT molecular complexity index is 3470. The third-order valence-electron chi connectivity index (χ3n) is 18.9. The monoisotopic (exact) mass is 952 g/mol. The van der Waals surface area contributed by atoms with Crippen LogP contribution in [0.5, 0.6) is 0 Å². The number of benzene rings is 8. The molecule has 4 atom stereocenters. The maximum atomic E-state index is 14.5. The molecule has 2 aliphatic heterocycles. The summed E-state index contributed by atoms with van der Waals surface area (Å²) in [6, 6.07) is 52.3. The molecule has 358 valence electrons. The largest absolute Gasteiger partial charge is 0.416 e. The van der Waals surface area contributed by atoms with Crippen molar-refractivity contribution in [2.75, 3.05) is 9.80 Å². The van der Waals surface area contributed by atoms with Gasteiger partial charge in [0.25, 0.3) is 0 Å². The van der Waals surface area contributed by atoms with E-state index < -0.39 is 50.8 Å². The molecule has 0 bridgehead atoms.